The van der Waals surface area contributed by atoms with E-state index < -0.39 is 0 Å². The summed E-state index contributed by atoms with van der Waals surface area (Å²) in [5.41, 5.74) is 2.88. The first kappa shape index (κ1) is 19.9. The van der Waals surface area contributed by atoms with E-state index in [1.165, 1.54) is 24.0 Å². The van der Waals surface area contributed by atoms with Crippen molar-refractivity contribution in [3.8, 4) is 0 Å². The summed E-state index contributed by atoms with van der Waals surface area (Å²) in [6.45, 7) is 8.97. The average Bonchev–Trinajstić information content (AvgIpc) is 2.40. The summed E-state index contributed by atoms with van der Waals surface area (Å²) in [4.78, 5) is 0. The van der Waals surface area contributed by atoms with Gasteiger partial charge in [0.2, 0.25) is 0 Å². The summed E-state index contributed by atoms with van der Waals surface area (Å²) in [6, 6.07) is 21.2. The van der Waals surface area contributed by atoms with E-state index in [4.69, 9.17) is 0 Å². The molecular formula is C20H28Ni. The normalized spacial score (nSPS) is 9.81. The standard InChI is InChI=1S/2C10H14.Ni/c2*1-9(2)8-10-6-4-3-5-7-10;/h2*3-7,9H,8H2,1-2H3;. The molecule has 0 unspecified atom stereocenters. The van der Waals surface area contributed by atoms with Crippen molar-refractivity contribution >= 4 is 0 Å². The molecule has 2 aromatic carbocycles. The van der Waals surface area contributed by atoms with E-state index in [1.54, 1.807) is 0 Å². The fourth-order valence-corrected chi connectivity index (χ4v) is 2.17. The van der Waals surface area contributed by atoms with Crippen LogP contribution in [0.4, 0.5) is 0 Å². The van der Waals surface area contributed by atoms with Crippen LogP contribution in [0, 0.1) is 11.8 Å². The van der Waals surface area contributed by atoms with E-state index in [-0.39, 0.29) is 16.5 Å². The van der Waals surface area contributed by atoms with E-state index in [0.29, 0.717) is 0 Å². The van der Waals surface area contributed by atoms with E-state index in [9.17, 15) is 0 Å². The Morgan fingerprint density at radius 1 is 0.571 bits per heavy atom. The molecule has 0 radical (unpaired) electrons. The van der Waals surface area contributed by atoms with Gasteiger partial charge >= 0.3 is 0 Å². The minimum Gasteiger partial charge on any atom is -0.0625 e. The first-order valence-corrected chi connectivity index (χ1v) is 7.65. The minimum absolute atomic E-state index is 0. The molecule has 0 saturated heterocycles. The molecule has 0 atom stereocenters. The Labute approximate surface area is 140 Å². The van der Waals surface area contributed by atoms with Crippen LogP contribution in [0.15, 0.2) is 60.7 Å². The molecule has 0 heterocycles. The van der Waals surface area contributed by atoms with Gasteiger partial charge in [-0.3, -0.25) is 0 Å². The van der Waals surface area contributed by atoms with Crippen LogP contribution in [0.25, 0.3) is 0 Å². The molecule has 0 spiro atoms. The zero-order chi connectivity index (χ0) is 14.8. The largest absolute Gasteiger partial charge is 0.0625 e. The third-order valence-corrected chi connectivity index (χ3v) is 2.97. The quantitative estimate of drug-likeness (QED) is 0.626. The van der Waals surface area contributed by atoms with Crippen LogP contribution < -0.4 is 0 Å². The molecule has 0 aliphatic rings. The van der Waals surface area contributed by atoms with Gasteiger partial charge < -0.3 is 0 Å². The summed E-state index contributed by atoms with van der Waals surface area (Å²) in [5, 5.41) is 0. The van der Waals surface area contributed by atoms with Gasteiger partial charge in [-0.05, 0) is 35.8 Å². The average molecular weight is 327 g/mol. The zero-order valence-electron chi connectivity index (χ0n) is 13.7. The summed E-state index contributed by atoms with van der Waals surface area (Å²) in [5.74, 6) is 1.53. The van der Waals surface area contributed by atoms with E-state index in [0.717, 1.165) is 11.8 Å². The number of hydrogen-bond donors (Lipinski definition) is 0. The smallest absolute Gasteiger partial charge is 0 e. The molecular weight excluding hydrogens is 299 g/mol. The van der Waals surface area contributed by atoms with Gasteiger partial charge in [0, 0.05) is 16.5 Å². The molecule has 0 aliphatic heterocycles. The Morgan fingerprint density at radius 3 is 1.10 bits per heavy atom. The van der Waals surface area contributed by atoms with Gasteiger partial charge in [-0.25, -0.2) is 0 Å². The molecule has 2 aromatic rings. The zero-order valence-corrected chi connectivity index (χ0v) is 14.6. The minimum atomic E-state index is 0. The Balaban J connectivity index is 0.000000364. The molecule has 0 fully saturated rings. The molecule has 118 valence electrons. The fraction of sp³-hybridized carbons (Fsp3) is 0.400. The van der Waals surface area contributed by atoms with Crippen molar-refractivity contribution in [1.29, 1.82) is 0 Å². The van der Waals surface area contributed by atoms with E-state index in [1.807, 2.05) is 0 Å². The van der Waals surface area contributed by atoms with Crippen molar-refractivity contribution in [2.75, 3.05) is 0 Å². The van der Waals surface area contributed by atoms with Crippen LogP contribution in [0.1, 0.15) is 38.8 Å². The van der Waals surface area contributed by atoms with Crippen molar-refractivity contribution in [3.63, 3.8) is 0 Å². The molecule has 0 aliphatic carbocycles. The number of benzene rings is 2. The predicted octanol–water partition coefficient (Wildman–Crippen LogP) is 5.77. The molecule has 0 nitrogen and oxygen atoms in total. The first-order chi connectivity index (χ1) is 9.58. The van der Waals surface area contributed by atoms with Gasteiger partial charge in [0.25, 0.3) is 0 Å². The maximum atomic E-state index is 2.24. The summed E-state index contributed by atoms with van der Waals surface area (Å²) in [7, 11) is 0. The molecule has 2 rings (SSSR count). The predicted molar refractivity (Wildman–Crippen MR) is 90.0 cm³/mol. The Hall–Kier alpha value is -1.07. The fourth-order valence-electron chi connectivity index (χ4n) is 2.17. The Morgan fingerprint density at radius 2 is 0.857 bits per heavy atom. The van der Waals surface area contributed by atoms with Crippen molar-refractivity contribution in [1.82, 2.24) is 0 Å². The van der Waals surface area contributed by atoms with Crippen LogP contribution in [0.3, 0.4) is 0 Å². The van der Waals surface area contributed by atoms with Gasteiger partial charge in [0.1, 0.15) is 0 Å². The van der Waals surface area contributed by atoms with Gasteiger partial charge in [0.15, 0.2) is 0 Å². The third kappa shape index (κ3) is 10.3. The third-order valence-electron chi connectivity index (χ3n) is 2.97. The topological polar surface area (TPSA) is 0 Å². The van der Waals surface area contributed by atoms with Gasteiger partial charge in [-0.1, -0.05) is 88.4 Å². The van der Waals surface area contributed by atoms with E-state index >= 15 is 0 Å². The molecule has 1 heteroatoms. The second-order valence-electron chi connectivity index (χ2n) is 6.17. The van der Waals surface area contributed by atoms with Crippen LogP contribution in [0.5, 0.6) is 0 Å². The van der Waals surface area contributed by atoms with Gasteiger partial charge in [0.05, 0.1) is 0 Å². The summed E-state index contributed by atoms with van der Waals surface area (Å²) < 4.78 is 0. The molecule has 0 saturated carbocycles. The van der Waals surface area contributed by atoms with Crippen LogP contribution >= 0.6 is 0 Å². The maximum absolute atomic E-state index is 2.24. The van der Waals surface area contributed by atoms with E-state index in [2.05, 4.69) is 88.4 Å². The maximum Gasteiger partial charge on any atom is 0 e. The summed E-state index contributed by atoms with van der Waals surface area (Å²) >= 11 is 0. The van der Waals surface area contributed by atoms with Crippen molar-refractivity contribution < 1.29 is 16.5 Å². The Bertz CT molecular complexity index is 400. The molecule has 0 aromatic heterocycles. The SMILES string of the molecule is CC(C)Cc1ccccc1.CC(C)Cc1ccccc1.[Ni]. The van der Waals surface area contributed by atoms with Crippen molar-refractivity contribution in [3.05, 3.63) is 71.8 Å². The molecule has 0 amide bonds. The molecule has 0 N–H and O–H groups in total. The van der Waals surface area contributed by atoms with Crippen LogP contribution in [-0.2, 0) is 29.3 Å². The summed E-state index contributed by atoms with van der Waals surface area (Å²) in [6.07, 6.45) is 2.39. The molecule has 21 heavy (non-hydrogen) atoms. The monoisotopic (exact) mass is 326 g/mol. The number of rotatable bonds is 4. The van der Waals surface area contributed by atoms with Crippen LogP contribution in [-0.4, -0.2) is 0 Å². The van der Waals surface area contributed by atoms with Crippen LogP contribution in [0.2, 0.25) is 0 Å². The number of hydrogen-bond acceptors (Lipinski definition) is 0. The second kappa shape index (κ2) is 11.6. The van der Waals surface area contributed by atoms with Gasteiger partial charge in [-0.15, -0.1) is 0 Å². The first-order valence-electron chi connectivity index (χ1n) is 7.65. The second-order valence-corrected chi connectivity index (χ2v) is 6.17. The van der Waals surface area contributed by atoms with Gasteiger partial charge in [-0.2, -0.15) is 0 Å². The molecule has 0 bridgehead atoms. The van der Waals surface area contributed by atoms with Crippen molar-refractivity contribution in [2.24, 2.45) is 11.8 Å². The van der Waals surface area contributed by atoms with Crippen molar-refractivity contribution in [2.45, 2.75) is 40.5 Å². The Kier molecular flexibility index (Phi) is 11.0.